The van der Waals surface area contributed by atoms with E-state index in [-0.39, 0.29) is 5.11 Å². The average Bonchev–Trinajstić information content (AvgIpc) is 2.86. The summed E-state index contributed by atoms with van der Waals surface area (Å²) < 4.78 is 0. The number of hydrogen-bond acceptors (Lipinski definition) is 7. The summed E-state index contributed by atoms with van der Waals surface area (Å²) in [7, 11) is 0. The Bertz CT molecular complexity index is 508. The maximum atomic E-state index is 11.8. The van der Waals surface area contributed by atoms with Crippen LogP contribution in [0.2, 0.25) is 0 Å². The van der Waals surface area contributed by atoms with Crippen LogP contribution < -0.4 is 5.73 Å². The van der Waals surface area contributed by atoms with E-state index in [1.54, 1.807) is 18.5 Å². The SMILES string of the molecule is CC1=NN(C(N)=S)C(=O)[C@H]1N=Nc1nccs1. The van der Waals surface area contributed by atoms with Crippen molar-refractivity contribution >= 4 is 45.4 Å². The number of amides is 1. The molecule has 88 valence electrons. The zero-order valence-electron chi connectivity index (χ0n) is 8.77. The highest BCUT2D eigenvalue weighted by Crippen LogP contribution is 2.18. The molecule has 7 nitrogen and oxygen atoms in total. The Morgan fingerprint density at radius 2 is 2.47 bits per heavy atom. The van der Waals surface area contributed by atoms with Crippen LogP contribution in [0.3, 0.4) is 0 Å². The van der Waals surface area contributed by atoms with Crippen molar-refractivity contribution in [2.45, 2.75) is 13.0 Å². The molecule has 0 spiro atoms. The third kappa shape index (κ3) is 2.34. The molecule has 0 aliphatic carbocycles. The van der Waals surface area contributed by atoms with Crippen molar-refractivity contribution < 1.29 is 4.79 Å². The number of thiocarbonyl (C=S) groups is 1. The summed E-state index contributed by atoms with van der Waals surface area (Å²) in [6, 6.07) is -0.764. The fraction of sp³-hybridized carbons (Fsp3) is 0.250. The molecule has 0 bridgehead atoms. The smallest absolute Gasteiger partial charge is 0.282 e. The summed E-state index contributed by atoms with van der Waals surface area (Å²) in [5, 5.41) is 14.8. The molecule has 9 heteroatoms. The van der Waals surface area contributed by atoms with Crippen LogP contribution in [0.1, 0.15) is 6.92 Å². The summed E-state index contributed by atoms with van der Waals surface area (Å²) in [6.45, 7) is 1.67. The average molecular weight is 268 g/mol. The van der Waals surface area contributed by atoms with Crippen molar-refractivity contribution in [3.63, 3.8) is 0 Å². The van der Waals surface area contributed by atoms with Gasteiger partial charge in [-0.25, -0.2) is 4.98 Å². The second-order valence-corrected chi connectivity index (χ2v) is 4.45. The lowest BCUT2D eigenvalue weighted by molar-refractivity contribution is -0.126. The van der Waals surface area contributed by atoms with E-state index in [2.05, 4.69) is 20.3 Å². The molecule has 2 N–H and O–H groups in total. The van der Waals surface area contributed by atoms with Crippen molar-refractivity contribution in [3.05, 3.63) is 11.6 Å². The Labute approximate surface area is 106 Å². The number of nitrogens with two attached hydrogens (primary N) is 1. The number of hydrogen-bond donors (Lipinski definition) is 1. The van der Waals surface area contributed by atoms with E-state index >= 15 is 0 Å². The first-order valence-corrected chi connectivity index (χ1v) is 5.87. The fourth-order valence-corrected chi connectivity index (χ4v) is 1.81. The number of thiazole rings is 1. The number of aromatic nitrogens is 1. The molecule has 2 heterocycles. The predicted octanol–water partition coefficient (Wildman–Crippen LogP) is 1.06. The Balaban J connectivity index is 2.16. The van der Waals surface area contributed by atoms with Crippen molar-refractivity contribution in [3.8, 4) is 0 Å². The zero-order valence-corrected chi connectivity index (χ0v) is 10.4. The highest BCUT2D eigenvalue weighted by atomic mass is 32.1. The summed E-state index contributed by atoms with van der Waals surface area (Å²) in [5.74, 6) is -0.393. The Kier molecular flexibility index (Phi) is 3.20. The lowest BCUT2D eigenvalue weighted by Crippen LogP contribution is -2.37. The monoisotopic (exact) mass is 268 g/mol. The van der Waals surface area contributed by atoms with Gasteiger partial charge in [-0.2, -0.15) is 15.2 Å². The minimum absolute atomic E-state index is 0.0960. The standard InChI is InChI=1S/C8H8N6OS2/c1-4-5(6(15)14(13-4)7(9)16)11-12-8-10-2-3-17-8/h2-3,5H,1H3,(H2,9,16)/t5-/m0/s1. The molecule has 1 amide bonds. The van der Waals surface area contributed by atoms with Crippen LogP contribution in [0.4, 0.5) is 5.13 Å². The fourth-order valence-electron chi connectivity index (χ4n) is 1.22. The summed E-state index contributed by atoms with van der Waals surface area (Å²) in [4.78, 5) is 15.7. The minimum Gasteiger partial charge on any atom is -0.374 e. The summed E-state index contributed by atoms with van der Waals surface area (Å²) >= 11 is 6.02. The topological polar surface area (TPSA) is 96.3 Å². The van der Waals surface area contributed by atoms with Gasteiger partial charge in [-0.05, 0) is 19.1 Å². The highest BCUT2D eigenvalue weighted by Gasteiger charge is 2.35. The molecule has 1 atom stereocenters. The molecule has 2 rings (SSSR count). The number of carbonyl (C=O) groups excluding carboxylic acids is 1. The predicted molar refractivity (Wildman–Crippen MR) is 67.2 cm³/mol. The zero-order chi connectivity index (χ0) is 12.4. The van der Waals surface area contributed by atoms with Crippen molar-refractivity contribution in [1.29, 1.82) is 0 Å². The second kappa shape index (κ2) is 4.63. The van der Waals surface area contributed by atoms with Crippen LogP contribution >= 0.6 is 23.6 Å². The quantitative estimate of drug-likeness (QED) is 0.640. The van der Waals surface area contributed by atoms with Crippen molar-refractivity contribution in [2.24, 2.45) is 21.1 Å². The van der Waals surface area contributed by atoms with Crippen LogP contribution in [-0.2, 0) is 4.79 Å². The molecular weight excluding hydrogens is 260 g/mol. The molecule has 1 aromatic heterocycles. The van der Waals surface area contributed by atoms with Gasteiger partial charge in [0.2, 0.25) is 5.13 Å². The Morgan fingerprint density at radius 1 is 1.71 bits per heavy atom. The van der Waals surface area contributed by atoms with E-state index < -0.39 is 11.9 Å². The number of carbonyl (C=O) groups is 1. The van der Waals surface area contributed by atoms with E-state index in [9.17, 15) is 4.79 Å². The first-order chi connectivity index (χ1) is 8.09. The molecule has 0 fully saturated rings. The van der Waals surface area contributed by atoms with Crippen LogP contribution in [0.25, 0.3) is 0 Å². The van der Waals surface area contributed by atoms with Crippen molar-refractivity contribution in [2.75, 3.05) is 0 Å². The molecule has 0 aromatic carbocycles. The van der Waals surface area contributed by atoms with Crippen LogP contribution in [0.15, 0.2) is 26.9 Å². The lowest BCUT2D eigenvalue weighted by Gasteiger charge is -2.08. The van der Waals surface area contributed by atoms with Gasteiger partial charge in [-0.3, -0.25) is 4.79 Å². The van der Waals surface area contributed by atoms with E-state index in [4.69, 9.17) is 18.0 Å². The third-order valence-electron chi connectivity index (χ3n) is 1.98. The first-order valence-electron chi connectivity index (χ1n) is 4.58. The molecule has 0 unspecified atom stereocenters. The van der Waals surface area contributed by atoms with Gasteiger partial charge in [0.15, 0.2) is 11.2 Å². The summed E-state index contributed by atoms with van der Waals surface area (Å²) in [6.07, 6.45) is 1.61. The normalized spacial score (nSPS) is 20.1. The van der Waals surface area contributed by atoms with Gasteiger partial charge < -0.3 is 5.73 Å². The minimum atomic E-state index is -0.764. The second-order valence-electron chi connectivity index (χ2n) is 3.16. The molecule has 0 saturated carbocycles. The lowest BCUT2D eigenvalue weighted by atomic mass is 10.2. The maximum absolute atomic E-state index is 11.8. The molecule has 1 aliphatic rings. The van der Waals surface area contributed by atoms with E-state index in [1.165, 1.54) is 11.3 Å². The van der Waals surface area contributed by atoms with Crippen LogP contribution in [-0.4, -0.2) is 32.8 Å². The van der Waals surface area contributed by atoms with Gasteiger partial charge in [0.1, 0.15) is 0 Å². The van der Waals surface area contributed by atoms with Gasteiger partial charge in [0, 0.05) is 11.6 Å². The number of hydrazone groups is 1. The molecular formula is C8H8N6OS2. The van der Waals surface area contributed by atoms with Gasteiger partial charge in [0.25, 0.3) is 5.91 Å². The Hall–Kier alpha value is -1.74. The van der Waals surface area contributed by atoms with E-state index in [0.29, 0.717) is 10.8 Å². The summed E-state index contributed by atoms with van der Waals surface area (Å²) in [5.41, 5.74) is 5.85. The molecule has 1 aromatic rings. The number of azo groups is 1. The third-order valence-corrected chi connectivity index (χ3v) is 2.81. The first kappa shape index (κ1) is 11.7. The van der Waals surface area contributed by atoms with Gasteiger partial charge in [-0.15, -0.1) is 16.5 Å². The van der Waals surface area contributed by atoms with E-state index in [1.807, 2.05) is 0 Å². The highest BCUT2D eigenvalue weighted by molar-refractivity contribution is 7.80. The molecule has 17 heavy (non-hydrogen) atoms. The number of nitrogens with zero attached hydrogens (tertiary/aromatic N) is 5. The maximum Gasteiger partial charge on any atom is 0.282 e. The Morgan fingerprint density at radius 3 is 3.00 bits per heavy atom. The molecule has 0 radical (unpaired) electrons. The number of rotatable bonds is 2. The van der Waals surface area contributed by atoms with Gasteiger partial charge in [0.05, 0.1) is 5.71 Å². The van der Waals surface area contributed by atoms with Crippen LogP contribution in [0, 0.1) is 0 Å². The molecule has 0 saturated heterocycles. The molecule has 1 aliphatic heterocycles. The van der Waals surface area contributed by atoms with Gasteiger partial charge >= 0.3 is 0 Å². The van der Waals surface area contributed by atoms with Gasteiger partial charge in [-0.1, -0.05) is 0 Å². The largest absolute Gasteiger partial charge is 0.374 e. The van der Waals surface area contributed by atoms with Crippen molar-refractivity contribution in [1.82, 2.24) is 9.99 Å². The van der Waals surface area contributed by atoms with Crippen LogP contribution in [0.5, 0.6) is 0 Å². The van der Waals surface area contributed by atoms with E-state index in [0.717, 1.165) is 5.01 Å².